The van der Waals surface area contributed by atoms with E-state index in [0.717, 1.165) is 5.69 Å². The molecule has 9 heteroatoms. The number of hydrogen-bond donors (Lipinski definition) is 2. The van der Waals surface area contributed by atoms with Gasteiger partial charge in [0.2, 0.25) is 4.73 Å². The summed E-state index contributed by atoms with van der Waals surface area (Å²) < 4.78 is 2.10. The molecule has 3 aromatic rings. The molecule has 0 aromatic carbocycles. The first kappa shape index (κ1) is 12.5. The summed E-state index contributed by atoms with van der Waals surface area (Å²) in [5, 5.41) is 26.6. The van der Waals surface area contributed by atoms with Crippen LogP contribution in [-0.2, 0) is 0 Å². The van der Waals surface area contributed by atoms with E-state index in [1.54, 1.807) is 22.2 Å². The van der Waals surface area contributed by atoms with E-state index < -0.39 is 0 Å². The number of aliphatic hydroxyl groups is 1. The smallest absolute Gasteiger partial charge is 0.221 e. The molecule has 0 saturated heterocycles. The summed E-state index contributed by atoms with van der Waals surface area (Å²) in [6, 6.07) is 3.29. The molecule has 0 bridgehead atoms. The first-order chi connectivity index (χ1) is 9.28. The van der Waals surface area contributed by atoms with Crippen LogP contribution >= 0.6 is 27.3 Å². The molecule has 98 valence electrons. The van der Waals surface area contributed by atoms with E-state index in [9.17, 15) is 5.11 Å². The highest BCUT2D eigenvalue weighted by molar-refractivity contribution is 9.10. The molecule has 0 fully saturated rings. The van der Waals surface area contributed by atoms with Crippen molar-refractivity contribution in [2.45, 2.75) is 6.04 Å². The summed E-state index contributed by atoms with van der Waals surface area (Å²) in [5.41, 5.74) is 3.16. The molecule has 7 nitrogen and oxygen atoms in total. The van der Waals surface area contributed by atoms with Crippen molar-refractivity contribution < 1.29 is 5.11 Å². The fourth-order valence-corrected chi connectivity index (χ4v) is 2.57. The average molecular weight is 341 g/mol. The molecule has 0 amide bonds. The lowest BCUT2D eigenvalue weighted by Gasteiger charge is -2.14. The molecule has 3 rings (SSSR count). The van der Waals surface area contributed by atoms with Gasteiger partial charge in [0.1, 0.15) is 5.82 Å². The molecule has 1 unspecified atom stereocenters. The maximum atomic E-state index is 9.42. The van der Waals surface area contributed by atoms with Crippen LogP contribution in [0.5, 0.6) is 0 Å². The van der Waals surface area contributed by atoms with E-state index in [-0.39, 0.29) is 12.6 Å². The van der Waals surface area contributed by atoms with E-state index in [4.69, 9.17) is 0 Å². The summed E-state index contributed by atoms with van der Waals surface area (Å²) in [6.07, 6.45) is 0. The molecule has 19 heavy (non-hydrogen) atoms. The number of aromatic nitrogens is 5. The summed E-state index contributed by atoms with van der Waals surface area (Å²) in [7, 11) is 0. The lowest BCUT2D eigenvalue weighted by Crippen LogP contribution is -2.16. The van der Waals surface area contributed by atoms with Crippen LogP contribution in [0.3, 0.4) is 0 Å². The minimum absolute atomic E-state index is 0.0627. The first-order valence-electron chi connectivity index (χ1n) is 5.41. The van der Waals surface area contributed by atoms with Gasteiger partial charge in [0.25, 0.3) is 0 Å². The first-order valence-corrected chi connectivity index (χ1v) is 7.15. The molecular weight excluding hydrogens is 332 g/mol. The predicted molar refractivity (Wildman–Crippen MR) is 74.0 cm³/mol. The fraction of sp³-hybridized carbons (Fsp3) is 0.200. The van der Waals surface area contributed by atoms with E-state index in [1.807, 2.05) is 5.38 Å². The number of aliphatic hydroxyl groups excluding tert-OH is 1. The van der Waals surface area contributed by atoms with Gasteiger partial charge >= 0.3 is 0 Å². The van der Waals surface area contributed by atoms with Crippen molar-refractivity contribution in [1.82, 2.24) is 24.8 Å². The molecule has 0 aliphatic rings. The summed E-state index contributed by atoms with van der Waals surface area (Å²) >= 11 is 4.75. The Balaban J connectivity index is 1.89. The second-order valence-corrected chi connectivity index (χ2v) is 5.18. The Labute approximate surface area is 120 Å². The van der Waals surface area contributed by atoms with Crippen molar-refractivity contribution in [3.63, 3.8) is 0 Å². The van der Waals surface area contributed by atoms with Crippen molar-refractivity contribution in [1.29, 1.82) is 0 Å². The highest BCUT2D eigenvalue weighted by atomic mass is 79.9. The maximum Gasteiger partial charge on any atom is 0.221 e. The van der Waals surface area contributed by atoms with Crippen LogP contribution < -0.4 is 5.32 Å². The van der Waals surface area contributed by atoms with Gasteiger partial charge in [0, 0.05) is 5.38 Å². The number of hydrogen-bond acceptors (Lipinski definition) is 7. The van der Waals surface area contributed by atoms with Crippen LogP contribution in [0.15, 0.2) is 27.8 Å². The van der Waals surface area contributed by atoms with Gasteiger partial charge in [-0.05, 0) is 28.1 Å². The average Bonchev–Trinajstić information content (AvgIpc) is 3.07. The minimum atomic E-state index is -0.286. The van der Waals surface area contributed by atoms with E-state index >= 15 is 0 Å². The zero-order chi connectivity index (χ0) is 13.2. The second kappa shape index (κ2) is 5.19. The van der Waals surface area contributed by atoms with Gasteiger partial charge in [-0.1, -0.05) is 0 Å². The molecule has 0 aliphatic heterocycles. The van der Waals surface area contributed by atoms with Crippen molar-refractivity contribution in [2.24, 2.45) is 0 Å². The highest BCUT2D eigenvalue weighted by Gasteiger charge is 2.13. The van der Waals surface area contributed by atoms with Crippen molar-refractivity contribution in [3.8, 4) is 0 Å². The van der Waals surface area contributed by atoms with E-state index in [0.29, 0.717) is 16.2 Å². The Morgan fingerprint density at radius 1 is 1.42 bits per heavy atom. The topological polar surface area (TPSA) is 88.2 Å². The van der Waals surface area contributed by atoms with Crippen LogP contribution in [0.2, 0.25) is 0 Å². The lowest BCUT2D eigenvalue weighted by atomic mass is 10.2. The number of nitrogens with one attached hydrogen (secondary N) is 1. The van der Waals surface area contributed by atoms with Crippen LogP contribution in [-0.4, -0.2) is 36.5 Å². The third-order valence-electron chi connectivity index (χ3n) is 2.54. The molecule has 3 heterocycles. The minimum Gasteiger partial charge on any atom is -0.394 e. The van der Waals surface area contributed by atoms with Gasteiger partial charge in [-0.3, -0.25) is 0 Å². The molecule has 2 N–H and O–H groups in total. The quantitative estimate of drug-likeness (QED) is 0.748. The number of anilines is 1. The highest BCUT2D eigenvalue weighted by Crippen LogP contribution is 2.18. The Bertz CT molecular complexity index is 684. The van der Waals surface area contributed by atoms with E-state index in [2.05, 4.69) is 41.5 Å². The van der Waals surface area contributed by atoms with Gasteiger partial charge in [-0.25, -0.2) is 4.98 Å². The molecule has 0 aliphatic carbocycles. The van der Waals surface area contributed by atoms with Gasteiger partial charge in [0.15, 0.2) is 5.65 Å². The number of halogens is 1. The molecule has 3 aromatic heterocycles. The van der Waals surface area contributed by atoms with Crippen molar-refractivity contribution >= 4 is 38.7 Å². The van der Waals surface area contributed by atoms with E-state index in [1.165, 1.54) is 11.3 Å². The normalized spacial score (nSPS) is 12.7. The van der Waals surface area contributed by atoms with Crippen molar-refractivity contribution in [3.05, 3.63) is 33.5 Å². The summed E-state index contributed by atoms with van der Waals surface area (Å²) in [5.74, 6) is 0.611. The number of fused-ring (bicyclic) bond motifs is 1. The second-order valence-electron chi connectivity index (χ2n) is 3.75. The molecule has 0 saturated carbocycles. The van der Waals surface area contributed by atoms with Crippen LogP contribution in [0, 0.1) is 0 Å². The Hall–Kier alpha value is -1.58. The monoisotopic (exact) mass is 340 g/mol. The Kier molecular flexibility index (Phi) is 3.40. The number of nitrogens with zero attached hydrogens (tertiary/aromatic N) is 5. The van der Waals surface area contributed by atoms with Gasteiger partial charge < -0.3 is 10.4 Å². The van der Waals surface area contributed by atoms with Gasteiger partial charge in [-0.2, -0.15) is 4.52 Å². The maximum absolute atomic E-state index is 9.42. The SMILES string of the molecule is OCC(Nc1ccc2nnc(Br)n2n1)c1cscn1. The third-order valence-corrected chi connectivity index (χ3v) is 3.64. The molecular formula is C10H9BrN6OS. The Morgan fingerprint density at radius 3 is 3.05 bits per heavy atom. The van der Waals surface area contributed by atoms with Gasteiger partial charge in [0.05, 0.1) is 23.9 Å². The largest absolute Gasteiger partial charge is 0.394 e. The molecule has 0 radical (unpaired) electrons. The van der Waals surface area contributed by atoms with Crippen molar-refractivity contribution in [2.75, 3.05) is 11.9 Å². The van der Waals surface area contributed by atoms with Gasteiger partial charge in [-0.15, -0.1) is 26.6 Å². The Morgan fingerprint density at radius 2 is 2.32 bits per heavy atom. The standard InChI is InChI=1S/C10H9BrN6OS/c11-10-15-14-9-2-1-8(16-17(9)10)13-6(3-18)7-4-19-5-12-7/h1-2,4-6,18H,3H2,(H,13,16). The predicted octanol–water partition coefficient (Wildman–Crippen LogP) is 1.49. The third kappa shape index (κ3) is 2.44. The van der Waals surface area contributed by atoms with Crippen LogP contribution in [0.1, 0.15) is 11.7 Å². The fourth-order valence-electron chi connectivity index (χ4n) is 1.63. The van der Waals surface area contributed by atoms with Crippen LogP contribution in [0.25, 0.3) is 5.65 Å². The number of rotatable bonds is 4. The van der Waals surface area contributed by atoms with Crippen LogP contribution in [0.4, 0.5) is 5.82 Å². The lowest BCUT2D eigenvalue weighted by molar-refractivity contribution is 0.274. The zero-order valence-electron chi connectivity index (χ0n) is 9.56. The molecule has 0 spiro atoms. The summed E-state index contributed by atoms with van der Waals surface area (Å²) in [6.45, 7) is -0.0627. The zero-order valence-corrected chi connectivity index (χ0v) is 12.0. The summed E-state index contributed by atoms with van der Waals surface area (Å²) in [4.78, 5) is 4.18. The molecule has 1 atom stereocenters. The number of thiazole rings is 1.